The summed E-state index contributed by atoms with van der Waals surface area (Å²) in [5, 5.41) is 0.958. The van der Waals surface area contributed by atoms with Crippen LogP contribution in [-0.2, 0) is 10.0 Å². The van der Waals surface area contributed by atoms with E-state index in [1.54, 1.807) is 36.0 Å². The maximum Gasteiger partial charge on any atom is 0.268 e. The van der Waals surface area contributed by atoms with Gasteiger partial charge >= 0.3 is 0 Å². The van der Waals surface area contributed by atoms with Crippen LogP contribution >= 0.6 is 27.7 Å². The van der Waals surface area contributed by atoms with Crippen LogP contribution < -0.4 is 0 Å². The Labute approximate surface area is 167 Å². The summed E-state index contributed by atoms with van der Waals surface area (Å²) in [6.07, 6.45) is 0. The van der Waals surface area contributed by atoms with Gasteiger partial charge in [0.2, 0.25) is 0 Å². The van der Waals surface area contributed by atoms with E-state index in [0.29, 0.717) is 10.4 Å². The molecule has 0 atom stereocenters. The minimum absolute atomic E-state index is 0.299. The largest absolute Gasteiger partial charge is 0.309 e. The molecular formula is C19H21BrN2O2S2. The van der Waals surface area contributed by atoms with Gasteiger partial charge in [-0.25, -0.2) is 12.4 Å². The van der Waals surface area contributed by atoms with Crippen LogP contribution in [0.4, 0.5) is 0 Å². The molecule has 0 radical (unpaired) electrons. The highest BCUT2D eigenvalue weighted by Gasteiger charge is 2.25. The molecule has 138 valence electrons. The molecule has 0 unspecified atom stereocenters. The van der Waals surface area contributed by atoms with Crippen LogP contribution in [-0.4, -0.2) is 43.7 Å². The highest BCUT2D eigenvalue weighted by Crippen LogP contribution is 2.37. The molecule has 26 heavy (non-hydrogen) atoms. The summed E-state index contributed by atoms with van der Waals surface area (Å²) in [6, 6.07) is 14.3. The molecule has 0 saturated carbocycles. The van der Waals surface area contributed by atoms with Gasteiger partial charge in [0, 0.05) is 32.7 Å². The van der Waals surface area contributed by atoms with Gasteiger partial charge in [0.25, 0.3) is 10.0 Å². The first-order valence-electron chi connectivity index (χ1n) is 8.21. The number of fused-ring (bicyclic) bond motifs is 1. The van der Waals surface area contributed by atoms with Crippen molar-refractivity contribution in [3.8, 4) is 0 Å². The lowest BCUT2D eigenvalue weighted by Crippen LogP contribution is -2.15. The van der Waals surface area contributed by atoms with E-state index in [4.69, 9.17) is 0 Å². The third-order valence-corrected chi connectivity index (χ3v) is 7.62. The standard InChI is InChI=1S/C19H21BrN2O2S2/c1-14-19(25-12-11-21(2)3)17-13-15(20)9-10-18(17)22(14)26(23,24)16-7-5-4-6-8-16/h4-10,13H,11-12H2,1-3H3. The Morgan fingerprint density at radius 2 is 1.81 bits per heavy atom. The Morgan fingerprint density at radius 1 is 1.12 bits per heavy atom. The second kappa shape index (κ2) is 7.76. The van der Waals surface area contributed by atoms with E-state index >= 15 is 0 Å². The molecule has 4 nitrogen and oxygen atoms in total. The zero-order valence-corrected chi connectivity index (χ0v) is 18.2. The average molecular weight is 453 g/mol. The van der Waals surface area contributed by atoms with Gasteiger partial charge in [-0.1, -0.05) is 34.1 Å². The molecule has 2 aromatic carbocycles. The lowest BCUT2D eigenvalue weighted by molar-refractivity contribution is 0.437. The van der Waals surface area contributed by atoms with E-state index in [-0.39, 0.29) is 0 Å². The summed E-state index contributed by atoms with van der Waals surface area (Å²) in [4.78, 5) is 3.44. The van der Waals surface area contributed by atoms with Gasteiger partial charge in [-0.05, 0) is 51.4 Å². The molecule has 0 bridgehead atoms. The van der Waals surface area contributed by atoms with Crippen molar-refractivity contribution in [2.24, 2.45) is 0 Å². The fourth-order valence-corrected chi connectivity index (χ4v) is 6.14. The Balaban J connectivity index is 2.19. The van der Waals surface area contributed by atoms with Crippen LogP contribution in [0.2, 0.25) is 0 Å². The molecule has 0 N–H and O–H groups in total. The molecule has 0 saturated heterocycles. The second-order valence-corrected chi connectivity index (χ2v) is 10.1. The zero-order valence-electron chi connectivity index (χ0n) is 14.9. The Hall–Kier alpha value is -1.28. The van der Waals surface area contributed by atoms with Gasteiger partial charge in [0.05, 0.1) is 10.4 Å². The molecule has 3 rings (SSSR count). The molecule has 0 amide bonds. The number of hydrogen-bond acceptors (Lipinski definition) is 4. The predicted molar refractivity (Wildman–Crippen MR) is 113 cm³/mol. The molecule has 0 aliphatic rings. The average Bonchev–Trinajstić information content (AvgIpc) is 2.87. The third-order valence-electron chi connectivity index (χ3n) is 4.12. The minimum atomic E-state index is -3.65. The monoisotopic (exact) mass is 452 g/mol. The SMILES string of the molecule is Cc1c(SCCN(C)C)c2cc(Br)ccc2n1S(=O)(=O)c1ccccc1. The Bertz CT molecular complexity index is 1030. The van der Waals surface area contributed by atoms with Crippen molar-refractivity contribution < 1.29 is 8.42 Å². The lowest BCUT2D eigenvalue weighted by Gasteiger charge is -2.11. The predicted octanol–water partition coefficient (Wildman–Crippen LogP) is 4.60. The van der Waals surface area contributed by atoms with Crippen molar-refractivity contribution in [3.05, 3.63) is 58.7 Å². The summed E-state index contributed by atoms with van der Waals surface area (Å²) < 4.78 is 29.0. The van der Waals surface area contributed by atoms with Crippen molar-refractivity contribution in [1.29, 1.82) is 0 Å². The fourth-order valence-electron chi connectivity index (χ4n) is 2.86. The van der Waals surface area contributed by atoms with Gasteiger partial charge in [-0.15, -0.1) is 11.8 Å². The first-order valence-corrected chi connectivity index (χ1v) is 11.4. The number of rotatable bonds is 6. The molecule has 7 heteroatoms. The smallest absolute Gasteiger partial charge is 0.268 e. The molecule has 0 aliphatic carbocycles. The summed E-state index contributed by atoms with van der Waals surface area (Å²) >= 11 is 5.21. The molecule has 3 aromatic rings. The normalized spacial score (nSPS) is 12.2. The van der Waals surface area contributed by atoms with E-state index in [1.165, 1.54) is 3.97 Å². The van der Waals surface area contributed by atoms with Crippen molar-refractivity contribution >= 4 is 48.6 Å². The quantitative estimate of drug-likeness (QED) is 0.512. The summed E-state index contributed by atoms with van der Waals surface area (Å²) in [6.45, 7) is 2.81. The highest BCUT2D eigenvalue weighted by molar-refractivity contribution is 9.10. The molecule has 0 fully saturated rings. The van der Waals surface area contributed by atoms with Crippen LogP contribution in [0.3, 0.4) is 0 Å². The van der Waals surface area contributed by atoms with E-state index in [1.807, 2.05) is 45.3 Å². The fraction of sp³-hybridized carbons (Fsp3) is 0.263. The second-order valence-electron chi connectivity index (χ2n) is 6.31. The Kier molecular flexibility index (Phi) is 5.81. The third kappa shape index (κ3) is 3.71. The van der Waals surface area contributed by atoms with Gasteiger partial charge in [0.15, 0.2) is 0 Å². The summed E-state index contributed by atoms with van der Waals surface area (Å²) in [5.41, 5.74) is 1.47. The molecular weight excluding hydrogens is 432 g/mol. The maximum atomic E-state index is 13.3. The van der Waals surface area contributed by atoms with Crippen LogP contribution in [0.15, 0.2) is 62.8 Å². The van der Waals surface area contributed by atoms with Gasteiger partial charge in [-0.2, -0.15) is 0 Å². The van der Waals surface area contributed by atoms with E-state index in [9.17, 15) is 8.42 Å². The number of benzene rings is 2. The van der Waals surface area contributed by atoms with Gasteiger partial charge < -0.3 is 4.90 Å². The van der Waals surface area contributed by atoms with Crippen LogP contribution in [0.25, 0.3) is 10.9 Å². The van der Waals surface area contributed by atoms with Gasteiger partial charge in [0.1, 0.15) is 0 Å². The first kappa shape index (κ1) is 19.5. The van der Waals surface area contributed by atoms with Crippen molar-refractivity contribution in [3.63, 3.8) is 0 Å². The minimum Gasteiger partial charge on any atom is -0.309 e. The highest BCUT2D eigenvalue weighted by atomic mass is 79.9. The topological polar surface area (TPSA) is 42.3 Å². The van der Waals surface area contributed by atoms with Crippen molar-refractivity contribution in [2.75, 3.05) is 26.4 Å². The van der Waals surface area contributed by atoms with Crippen LogP contribution in [0.1, 0.15) is 5.69 Å². The summed E-state index contributed by atoms with van der Waals surface area (Å²) in [7, 11) is 0.418. The van der Waals surface area contributed by atoms with E-state index < -0.39 is 10.0 Å². The summed E-state index contributed by atoms with van der Waals surface area (Å²) in [5.74, 6) is 0.894. The van der Waals surface area contributed by atoms with E-state index in [0.717, 1.165) is 32.7 Å². The zero-order chi connectivity index (χ0) is 18.9. The number of thioether (sulfide) groups is 1. The van der Waals surface area contributed by atoms with E-state index in [2.05, 4.69) is 20.8 Å². The number of nitrogens with zero attached hydrogens (tertiary/aromatic N) is 2. The number of aromatic nitrogens is 1. The van der Waals surface area contributed by atoms with Crippen LogP contribution in [0, 0.1) is 6.92 Å². The van der Waals surface area contributed by atoms with Crippen molar-refractivity contribution in [1.82, 2.24) is 8.87 Å². The lowest BCUT2D eigenvalue weighted by atomic mass is 10.2. The molecule has 1 heterocycles. The maximum absolute atomic E-state index is 13.3. The molecule has 0 aliphatic heterocycles. The van der Waals surface area contributed by atoms with Gasteiger partial charge in [-0.3, -0.25) is 0 Å². The number of hydrogen-bond donors (Lipinski definition) is 0. The Morgan fingerprint density at radius 3 is 2.46 bits per heavy atom. The molecule has 0 spiro atoms. The first-order chi connectivity index (χ1) is 12.3. The molecule has 1 aromatic heterocycles. The van der Waals surface area contributed by atoms with Crippen LogP contribution in [0.5, 0.6) is 0 Å². The van der Waals surface area contributed by atoms with Crippen molar-refractivity contribution in [2.45, 2.75) is 16.7 Å². The number of halogens is 1.